The van der Waals surface area contributed by atoms with E-state index in [1.807, 2.05) is 18.2 Å². The fourth-order valence-corrected chi connectivity index (χ4v) is 2.83. The third kappa shape index (κ3) is 2.40. The predicted octanol–water partition coefficient (Wildman–Crippen LogP) is 3.41. The molecule has 5 heteroatoms. The third-order valence-corrected chi connectivity index (χ3v) is 3.99. The minimum Gasteiger partial charge on any atom is -0.365 e. The second kappa shape index (κ2) is 5.55. The Morgan fingerprint density at radius 2 is 1.82 bits per heavy atom. The largest absolute Gasteiger partial charge is 0.365 e. The number of hydrazone groups is 1. The van der Waals surface area contributed by atoms with E-state index in [0.29, 0.717) is 21.9 Å². The summed E-state index contributed by atoms with van der Waals surface area (Å²) < 4.78 is 0. The predicted molar refractivity (Wildman–Crippen MR) is 85.7 cm³/mol. The molecular weight excluding hydrogens is 300 g/mol. The highest BCUT2D eigenvalue weighted by Gasteiger charge is 2.45. The van der Waals surface area contributed by atoms with Crippen LogP contribution >= 0.6 is 11.6 Å². The fourth-order valence-electron chi connectivity index (χ4n) is 2.61. The monoisotopic (exact) mass is 314 g/mol. The van der Waals surface area contributed by atoms with Crippen molar-refractivity contribution in [1.82, 2.24) is 5.01 Å². The van der Waals surface area contributed by atoms with Crippen LogP contribution in [0.5, 0.6) is 0 Å². The van der Waals surface area contributed by atoms with Crippen molar-refractivity contribution in [3.8, 4) is 0 Å². The Bertz CT molecular complexity index is 745. The topological polar surface area (TPSA) is 52.9 Å². The Morgan fingerprint density at radius 3 is 2.50 bits per heavy atom. The van der Waals surface area contributed by atoms with E-state index >= 15 is 0 Å². The molecule has 1 N–H and O–H groups in total. The summed E-state index contributed by atoms with van der Waals surface area (Å²) in [5.74, 6) is -0.422. The van der Waals surface area contributed by atoms with E-state index in [1.54, 1.807) is 43.3 Å². The van der Waals surface area contributed by atoms with Crippen LogP contribution in [0.1, 0.15) is 29.3 Å². The van der Waals surface area contributed by atoms with Gasteiger partial charge >= 0.3 is 0 Å². The average Bonchev–Trinajstić information content (AvgIpc) is 2.84. The van der Waals surface area contributed by atoms with Crippen molar-refractivity contribution in [2.75, 3.05) is 0 Å². The number of halogens is 1. The first-order valence-corrected chi connectivity index (χ1v) is 7.31. The van der Waals surface area contributed by atoms with Gasteiger partial charge in [-0.05, 0) is 19.1 Å². The normalized spacial score (nSPS) is 20.9. The standard InChI is InChI=1S/C17H15ClN2O2/c1-12-11-17(22,13-7-3-2-4-8-13)20(19-12)16(21)14-9-5-6-10-15(14)18/h2-10,22H,11H2,1H3/t17-/m1/s1. The Labute approximate surface area is 133 Å². The van der Waals surface area contributed by atoms with Gasteiger partial charge < -0.3 is 5.11 Å². The van der Waals surface area contributed by atoms with E-state index in [-0.39, 0.29) is 6.42 Å². The van der Waals surface area contributed by atoms with E-state index < -0.39 is 11.6 Å². The number of hydrogen-bond acceptors (Lipinski definition) is 3. The molecule has 0 fully saturated rings. The summed E-state index contributed by atoms with van der Waals surface area (Å²) in [4.78, 5) is 12.8. The van der Waals surface area contributed by atoms with Crippen molar-refractivity contribution in [1.29, 1.82) is 0 Å². The van der Waals surface area contributed by atoms with Crippen LogP contribution < -0.4 is 0 Å². The number of aliphatic hydroxyl groups is 1. The summed E-state index contributed by atoms with van der Waals surface area (Å²) in [6, 6.07) is 15.8. The summed E-state index contributed by atoms with van der Waals surface area (Å²) in [5, 5.41) is 16.7. The molecule has 0 saturated carbocycles. The van der Waals surface area contributed by atoms with Gasteiger partial charge in [0.2, 0.25) is 0 Å². The molecule has 1 aliphatic rings. The van der Waals surface area contributed by atoms with Gasteiger partial charge in [0.05, 0.1) is 10.6 Å². The molecule has 0 unspecified atom stereocenters. The molecule has 0 aromatic heterocycles. The lowest BCUT2D eigenvalue weighted by Gasteiger charge is -2.31. The van der Waals surface area contributed by atoms with Crippen LogP contribution in [0, 0.1) is 0 Å². The number of amides is 1. The lowest BCUT2D eigenvalue weighted by molar-refractivity contribution is -0.0765. The van der Waals surface area contributed by atoms with Crippen LogP contribution in [0.3, 0.4) is 0 Å². The zero-order chi connectivity index (χ0) is 15.7. The molecule has 1 atom stereocenters. The van der Waals surface area contributed by atoms with Crippen LogP contribution in [-0.4, -0.2) is 21.7 Å². The highest BCUT2D eigenvalue weighted by Crippen LogP contribution is 2.36. The maximum absolute atomic E-state index is 12.8. The Balaban J connectivity index is 2.04. The third-order valence-electron chi connectivity index (χ3n) is 3.66. The van der Waals surface area contributed by atoms with Gasteiger partial charge in [-0.1, -0.05) is 54.1 Å². The van der Waals surface area contributed by atoms with E-state index in [4.69, 9.17) is 11.6 Å². The maximum atomic E-state index is 12.8. The van der Waals surface area contributed by atoms with Gasteiger partial charge in [0.15, 0.2) is 5.72 Å². The smallest absolute Gasteiger partial charge is 0.278 e. The number of benzene rings is 2. The van der Waals surface area contributed by atoms with Gasteiger partial charge in [0.1, 0.15) is 0 Å². The van der Waals surface area contributed by atoms with Crippen LogP contribution in [-0.2, 0) is 5.72 Å². The van der Waals surface area contributed by atoms with Gasteiger partial charge in [0, 0.05) is 17.7 Å². The molecule has 0 saturated heterocycles. The van der Waals surface area contributed by atoms with Gasteiger partial charge in [-0.3, -0.25) is 4.79 Å². The summed E-state index contributed by atoms with van der Waals surface area (Å²) in [6.07, 6.45) is 0.271. The van der Waals surface area contributed by atoms with Gasteiger partial charge in [-0.15, -0.1) is 0 Å². The quantitative estimate of drug-likeness (QED) is 0.923. The molecule has 1 amide bonds. The molecule has 1 heterocycles. The van der Waals surface area contributed by atoms with Crippen molar-refractivity contribution >= 4 is 23.2 Å². The van der Waals surface area contributed by atoms with Crippen molar-refractivity contribution in [2.24, 2.45) is 5.10 Å². The Kier molecular flexibility index (Phi) is 3.72. The first kappa shape index (κ1) is 14.8. The van der Waals surface area contributed by atoms with Crippen molar-refractivity contribution < 1.29 is 9.90 Å². The summed E-state index contributed by atoms with van der Waals surface area (Å²) >= 11 is 6.10. The zero-order valence-electron chi connectivity index (χ0n) is 12.0. The molecular formula is C17H15ClN2O2. The van der Waals surface area contributed by atoms with Gasteiger partial charge in [-0.25, -0.2) is 0 Å². The van der Waals surface area contributed by atoms with E-state index in [9.17, 15) is 9.90 Å². The number of rotatable bonds is 2. The molecule has 112 valence electrons. The second-order valence-electron chi connectivity index (χ2n) is 5.29. The molecule has 0 spiro atoms. The highest BCUT2D eigenvalue weighted by atomic mass is 35.5. The lowest BCUT2D eigenvalue weighted by atomic mass is 9.97. The Hall–Kier alpha value is -2.17. The minimum atomic E-state index is -1.48. The zero-order valence-corrected chi connectivity index (χ0v) is 12.8. The fraction of sp³-hybridized carbons (Fsp3) is 0.176. The first-order chi connectivity index (χ1) is 10.5. The number of nitrogens with zero attached hydrogens (tertiary/aromatic N) is 2. The SMILES string of the molecule is CC1=NN(C(=O)c2ccccc2Cl)[C@](O)(c2ccccc2)C1. The van der Waals surface area contributed by atoms with Crippen molar-refractivity contribution in [3.05, 3.63) is 70.7 Å². The number of carbonyl (C=O) groups excluding carboxylic acids is 1. The molecule has 3 rings (SSSR count). The van der Waals surface area contributed by atoms with Crippen LogP contribution in [0.4, 0.5) is 0 Å². The minimum absolute atomic E-state index is 0.271. The maximum Gasteiger partial charge on any atom is 0.278 e. The van der Waals surface area contributed by atoms with E-state index in [2.05, 4.69) is 5.10 Å². The summed E-state index contributed by atoms with van der Waals surface area (Å²) in [7, 11) is 0. The number of carbonyl (C=O) groups is 1. The van der Waals surface area contributed by atoms with Crippen LogP contribution in [0.25, 0.3) is 0 Å². The van der Waals surface area contributed by atoms with Crippen LogP contribution in [0.15, 0.2) is 59.7 Å². The van der Waals surface area contributed by atoms with Gasteiger partial charge in [-0.2, -0.15) is 10.1 Å². The first-order valence-electron chi connectivity index (χ1n) is 6.93. The molecule has 0 aliphatic carbocycles. The van der Waals surface area contributed by atoms with Crippen molar-refractivity contribution in [3.63, 3.8) is 0 Å². The molecule has 0 bridgehead atoms. The van der Waals surface area contributed by atoms with Gasteiger partial charge in [0.25, 0.3) is 5.91 Å². The molecule has 1 aliphatic heterocycles. The molecule has 4 nitrogen and oxygen atoms in total. The van der Waals surface area contributed by atoms with E-state index in [0.717, 1.165) is 5.01 Å². The number of hydrogen-bond donors (Lipinski definition) is 1. The van der Waals surface area contributed by atoms with Crippen molar-refractivity contribution in [2.45, 2.75) is 19.1 Å². The Morgan fingerprint density at radius 1 is 1.18 bits per heavy atom. The van der Waals surface area contributed by atoms with Crippen LogP contribution in [0.2, 0.25) is 5.02 Å². The molecule has 22 heavy (non-hydrogen) atoms. The average molecular weight is 315 g/mol. The lowest BCUT2D eigenvalue weighted by Crippen LogP contribution is -2.43. The summed E-state index contributed by atoms with van der Waals surface area (Å²) in [5.41, 5.74) is 0.140. The second-order valence-corrected chi connectivity index (χ2v) is 5.70. The molecule has 2 aromatic rings. The molecule has 2 aromatic carbocycles. The van der Waals surface area contributed by atoms with E-state index in [1.165, 1.54) is 0 Å². The summed E-state index contributed by atoms with van der Waals surface area (Å²) in [6.45, 7) is 1.79. The highest BCUT2D eigenvalue weighted by molar-refractivity contribution is 6.33. The molecule has 0 radical (unpaired) electrons.